The molecule has 0 fully saturated rings. The van der Waals surface area contributed by atoms with Gasteiger partial charge >= 0.3 is 0 Å². The summed E-state index contributed by atoms with van der Waals surface area (Å²) in [4.78, 5) is 11.1. The van der Waals surface area contributed by atoms with Crippen LogP contribution in [0.5, 0.6) is 0 Å². The maximum atomic E-state index is 11.1. The molecule has 5 heteroatoms. The van der Waals surface area contributed by atoms with Crippen molar-refractivity contribution in [2.24, 2.45) is 0 Å². The molecular formula is C9H13N3O2. The normalized spacial score (nSPS) is 9.79. The van der Waals surface area contributed by atoms with Crippen LogP contribution >= 0.6 is 0 Å². The Morgan fingerprint density at radius 2 is 2.43 bits per heavy atom. The third-order valence-electron chi connectivity index (χ3n) is 1.66. The first kappa shape index (κ1) is 10.6. The smallest absolute Gasteiger partial charge is 0.220 e. The first-order valence-corrected chi connectivity index (χ1v) is 4.47. The van der Waals surface area contributed by atoms with Gasteiger partial charge in [0.15, 0.2) is 0 Å². The van der Waals surface area contributed by atoms with Gasteiger partial charge in [-0.25, -0.2) is 0 Å². The molecule has 0 atom stereocenters. The van der Waals surface area contributed by atoms with Crippen LogP contribution in [-0.2, 0) is 11.3 Å². The van der Waals surface area contributed by atoms with Gasteiger partial charge in [0.1, 0.15) is 0 Å². The van der Waals surface area contributed by atoms with Crippen LogP contribution in [0.15, 0.2) is 18.3 Å². The lowest BCUT2D eigenvalue weighted by Gasteiger charge is -2.02. The Morgan fingerprint density at radius 1 is 1.57 bits per heavy atom. The lowest BCUT2D eigenvalue weighted by atomic mass is 10.3. The van der Waals surface area contributed by atoms with Crippen LogP contribution < -0.4 is 5.32 Å². The molecule has 14 heavy (non-hydrogen) atoms. The number of amides is 1. The number of hydrogen-bond acceptors (Lipinski definition) is 4. The van der Waals surface area contributed by atoms with E-state index in [0.717, 1.165) is 5.69 Å². The standard InChI is InChI=1S/C9H13N3O2/c13-6-2-4-9(14)10-7-8-3-1-5-11-12-8/h1,3,5,13H,2,4,6-7H2,(H,10,14). The van der Waals surface area contributed by atoms with Crippen molar-refractivity contribution in [1.82, 2.24) is 15.5 Å². The summed E-state index contributed by atoms with van der Waals surface area (Å²) in [5.41, 5.74) is 0.727. The minimum Gasteiger partial charge on any atom is -0.396 e. The van der Waals surface area contributed by atoms with Gasteiger partial charge in [-0.2, -0.15) is 10.2 Å². The molecule has 0 aliphatic carbocycles. The molecule has 0 aromatic carbocycles. The van der Waals surface area contributed by atoms with Gasteiger partial charge in [0.05, 0.1) is 12.2 Å². The molecule has 0 aliphatic rings. The molecule has 1 amide bonds. The Kier molecular flexibility index (Phi) is 4.57. The minimum absolute atomic E-state index is 0.0402. The first-order valence-electron chi connectivity index (χ1n) is 4.47. The Balaban J connectivity index is 2.24. The molecule has 0 unspecified atom stereocenters. The number of rotatable bonds is 5. The summed E-state index contributed by atoms with van der Waals surface area (Å²) in [6, 6.07) is 3.56. The van der Waals surface area contributed by atoms with Crippen molar-refractivity contribution in [2.45, 2.75) is 19.4 Å². The summed E-state index contributed by atoms with van der Waals surface area (Å²) in [5, 5.41) is 18.7. The molecule has 0 aliphatic heterocycles. The number of aromatic nitrogens is 2. The van der Waals surface area contributed by atoms with Crippen LogP contribution in [0, 0.1) is 0 Å². The number of hydrogen-bond donors (Lipinski definition) is 2. The van der Waals surface area contributed by atoms with Crippen molar-refractivity contribution in [3.63, 3.8) is 0 Å². The molecule has 1 rings (SSSR count). The second kappa shape index (κ2) is 6.04. The summed E-state index contributed by atoms with van der Waals surface area (Å²) in [6.45, 7) is 0.427. The Labute approximate surface area is 82.2 Å². The Bertz CT molecular complexity index is 277. The molecular weight excluding hydrogens is 182 g/mol. The van der Waals surface area contributed by atoms with Crippen molar-refractivity contribution < 1.29 is 9.90 Å². The largest absolute Gasteiger partial charge is 0.396 e. The van der Waals surface area contributed by atoms with Crippen molar-refractivity contribution in [1.29, 1.82) is 0 Å². The molecule has 0 radical (unpaired) electrons. The zero-order chi connectivity index (χ0) is 10.2. The van der Waals surface area contributed by atoms with Crippen LogP contribution in [0.1, 0.15) is 18.5 Å². The number of carbonyl (C=O) groups is 1. The third-order valence-corrected chi connectivity index (χ3v) is 1.66. The van der Waals surface area contributed by atoms with Crippen molar-refractivity contribution in [3.8, 4) is 0 Å². The maximum absolute atomic E-state index is 11.1. The topological polar surface area (TPSA) is 75.1 Å². The molecule has 5 nitrogen and oxygen atoms in total. The van der Waals surface area contributed by atoms with E-state index in [1.807, 2.05) is 0 Å². The minimum atomic E-state index is -0.0790. The van der Waals surface area contributed by atoms with E-state index >= 15 is 0 Å². The summed E-state index contributed by atoms with van der Waals surface area (Å²) in [7, 11) is 0. The van der Waals surface area contributed by atoms with Crippen molar-refractivity contribution in [2.75, 3.05) is 6.61 Å². The lowest BCUT2D eigenvalue weighted by molar-refractivity contribution is -0.121. The molecule has 1 aromatic rings. The van der Waals surface area contributed by atoms with Crippen LogP contribution in [-0.4, -0.2) is 27.8 Å². The molecule has 0 saturated heterocycles. The zero-order valence-corrected chi connectivity index (χ0v) is 7.81. The summed E-state index contributed by atoms with van der Waals surface area (Å²) in [6.07, 6.45) is 2.42. The SMILES string of the molecule is O=C(CCCO)NCc1cccnn1. The number of carbonyl (C=O) groups excluding carboxylic acids is 1. The number of nitrogens with one attached hydrogen (secondary N) is 1. The Hall–Kier alpha value is -1.49. The number of nitrogens with zero attached hydrogens (tertiary/aromatic N) is 2. The zero-order valence-electron chi connectivity index (χ0n) is 7.81. The highest BCUT2D eigenvalue weighted by molar-refractivity contribution is 5.75. The van der Waals surface area contributed by atoms with Crippen molar-refractivity contribution in [3.05, 3.63) is 24.0 Å². The summed E-state index contributed by atoms with van der Waals surface area (Å²) >= 11 is 0. The van der Waals surface area contributed by atoms with Gasteiger partial charge in [0.25, 0.3) is 0 Å². The fourth-order valence-electron chi connectivity index (χ4n) is 0.945. The predicted octanol–water partition coefficient (Wildman–Crippen LogP) is -0.135. The van der Waals surface area contributed by atoms with E-state index in [2.05, 4.69) is 15.5 Å². The monoisotopic (exact) mass is 195 g/mol. The van der Waals surface area contributed by atoms with Gasteiger partial charge in [-0.05, 0) is 18.6 Å². The van der Waals surface area contributed by atoms with Crippen LogP contribution in [0.4, 0.5) is 0 Å². The average molecular weight is 195 g/mol. The van der Waals surface area contributed by atoms with E-state index in [0.29, 0.717) is 19.4 Å². The van der Waals surface area contributed by atoms with Gasteiger partial charge in [-0.3, -0.25) is 4.79 Å². The van der Waals surface area contributed by atoms with Crippen LogP contribution in [0.2, 0.25) is 0 Å². The molecule has 1 aromatic heterocycles. The summed E-state index contributed by atoms with van der Waals surface area (Å²) in [5.74, 6) is -0.0790. The molecule has 0 bridgehead atoms. The molecule has 2 N–H and O–H groups in total. The molecule has 76 valence electrons. The summed E-state index contributed by atoms with van der Waals surface area (Å²) < 4.78 is 0. The van der Waals surface area contributed by atoms with Gasteiger partial charge in [0.2, 0.25) is 5.91 Å². The fourth-order valence-corrected chi connectivity index (χ4v) is 0.945. The van der Waals surface area contributed by atoms with Gasteiger partial charge in [-0.15, -0.1) is 0 Å². The van der Waals surface area contributed by atoms with E-state index in [4.69, 9.17) is 5.11 Å². The molecule has 1 heterocycles. The number of aliphatic hydroxyl groups excluding tert-OH is 1. The lowest BCUT2D eigenvalue weighted by Crippen LogP contribution is -2.23. The van der Waals surface area contributed by atoms with Gasteiger partial charge in [-0.1, -0.05) is 0 Å². The molecule has 0 spiro atoms. The van der Waals surface area contributed by atoms with E-state index in [9.17, 15) is 4.79 Å². The van der Waals surface area contributed by atoms with Crippen molar-refractivity contribution >= 4 is 5.91 Å². The first-order chi connectivity index (χ1) is 6.83. The van der Waals surface area contributed by atoms with E-state index in [1.54, 1.807) is 18.3 Å². The quantitative estimate of drug-likeness (QED) is 0.686. The highest BCUT2D eigenvalue weighted by Crippen LogP contribution is 1.92. The predicted molar refractivity (Wildman–Crippen MR) is 50.2 cm³/mol. The van der Waals surface area contributed by atoms with Crippen LogP contribution in [0.3, 0.4) is 0 Å². The molecule has 0 saturated carbocycles. The van der Waals surface area contributed by atoms with E-state index in [1.165, 1.54) is 0 Å². The maximum Gasteiger partial charge on any atom is 0.220 e. The Morgan fingerprint density at radius 3 is 3.07 bits per heavy atom. The van der Waals surface area contributed by atoms with E-state index in [-0.39, 0.29) is 12.5 Å². The van der Waals surface area contributed by atoms with Crippen LogP contribution in [0.25, 0.3) is 0 Å². The van der Waals surface area contributed by atoms with Gasteiger partial charge in [0, 0.05) is 19.2 Å². The second-order valence-corrected chi connectivity index (χ2v) is 2.82. The van der Waals surface area contributed by atoms with Gasteiger partial charge < -0.3 is 10.4 Å². The third kappa shape index (κ3) is 3.95. The highest BCUT2D eigenvalue weighted by atomic mass is 16.3. The highest BCUT2D eigenvalue weighted by Gasteiger charge is 2.00. The van der Waals surface area contributed by atoms with E-state index < -0.39 is 0 Å². The fraction of sp³-hybridized carbons (Fsp3) is 0.444. The number of aliphatic hydroxyl groups is 1. The second-order valence-electron chi connectivity index (χ2n) is 2.82. The average Bonchev–Trinajstić information content (AvgIpc) is 2.25.